The third-order valence-electron chi connectivity index (χ3n) is 7.96. The molecule has 1 aliphatic heterocycles. The summed E-state index contributed by atoms with van der Waals surface area (Å²) in [4.78, 5) is 31.0. The van der Waals surface area contributed by atoms with Gasteiger partial charge in [-0.3, -0.25) is 9.59 Å². The van der Waals surface area contributed by atoms with Gasteiger partial charge in [0.25, 0.3) is 0 Å². The fourth-order valence-corrected chi connectivity index (χ4v) is 5.90. The Morgan fingerprint density at radius 2 is 1.73 bits per heavy atom. The summed E-state index contributed by atoms with van der Waals surface area (Å²) < 4.78 is 5.04. The number of anilines is 1. The molecule has 0 spiro atoms. The SMILES string of the molecule is CCOC(=O)CCCCc1c[nH]c2ccc(CC(=O)NC(c3ccccc3)c3ccccc3N3CCCCC3)cc12. The zero-order valence-electron chi connectivity index (χ0n) is 24.0. The second-order valence-electron chi connectivity index (χ2n) is 10.9. The van der Waals surface area contributed by atoms with E-state index in [1.165, 1.54) is 30.5 Å². The molecule has 1 saturated heterocycles. The highest BCUT2D eigenvalue weighted by Crippen LogP contribution is 2.32. The van der Waals surface area contributed by atoms with Gasteiger partial charge in [0.05, 0.1) is 19.1 Å². The molecule has 41 heavy (non-hydrogen) atoms. The van der Waals surface area contributed by atoms with Crippen LogP contribution < -0.4 is 10.2 Å². The molecule has 1 amide bonds. The highest BCUT2D eigenvalue weighted by Gasteiger charge is 2.23. The Morgan fingerprint density at radius 3 is 2.54 bits per heavy atom. The molecule has 214 valence electrons. The molecule has 0 aliphatic carbocycles. The van der Waals surface area contributed by atoms with Crippen LogP contribution in [0.5, 0.6) is 0 Å². The van der Waals surface area contributed by atoms with E-state index >= 15 is 0 Å². The maximum atomic E-state index is 13.6. The smallest absolute Gasteiger partial charge is 0.305 e. The van der Waals surface area contributed by atoms with E-state index in [0.29, 0.717) is 19.4 Å². The molecule has 5 rings (SSSR count). The number of H-pyrrole nitrogens is 1. The number of benzene rings is 3. The van der Waals surface area contributed by atoms with Crippen LogP contribution in [-0.2, 0) is 27.2 Å². The lowest BCUT2D eigenvalue weighted by Crippen LogP contribution is -2.34. The number of para-hydroxylation sites is 1. The number of nitrogens with one attached hydrogen (secondary N) is 2. The lowest BCUT2D eigenvalue weighted by atomic mass is 9.95. The van der Waals surface area contributed by atoms with Crippen molar-refractivity contribution in [3.05, 3.63) is 101 Å². The van der Waals surface area contributed by atoms with E-state index in [4.69, 9.17) is 4.74 Å². The normalized spacial score (nSPS) is 14.1. The van der Waals surface area contributed by atoms with E-state index < -0.39 is 0 Å². The Labute approximate surface area is 243 Å². The molecule has 0 radical (unpaired) electrons. The van der Waals surface area contributed by atoms with Crippen molar-refractivity contribution in [2.24, 2.45) is 0 Å². The van der Waals surface area contributed by atoms with Crippen LogP contribution in [0.1, 0.15) is 73.7 Å². The molecule has 1 fully saturated rings. The Hall–Kier alpha value is -4.06. The average Bonchev–Trinajstić information content (AvgIpc) is 3.41. The lowest BCUT2D eigenvalue weighted by Gasteiger charge is -2.33. The average molecular weight is 552 g/mol. The van der Waals surface area contributed by atoms with E-state index in [0.717, 1.165) is 59.9 Å². The molecule has 1 atom stereocenters. The summed E-state index contributed by atoms with van der Waals surface area (Å²) in [5.41, 5.74) is 6.69. The number of unbranched alkanes of at least 4 members (excludes halogenated alkanes) is 1. The number of esters is 1. The van der Waals surface area contributed by atoms with Gasteiger partial charge < -0.3 is 19.9 Å². The largest absolute Gasteiger partial charge is 0.466 e. The topological polar surface area (TPSA) is 74.4 Å². The van der Waals surface area contributed by atoms with Crippen molar-refractivity contribution in [3.63, 3.8) is 0 Å². The van der Waals surface area contributed by atoms with Gasteiger partial charge in [0, 0.05) is 47.9 Å². The number of aryl methyl sites for hydroxylation is 1. The molecular weight excluding hydrogens is 510 g/mol. The van der Waals surface area contributed by atoms with Crippen molar-refractivity contribution in [3.8, 4) is 0 Å². The third-order valence-corrected chi connectivity index (χ3v) is 7.96. The van der Waals surface area contributed by atoms with E-state index in [-0.39, 0.29) is 17.9 Å². The van der Waals surface area contributed by atoms with Gasteiger partial charge in [-0.15, -0.1) is 0 Å². The first-order valence-electron chi connectivity index (χ1n) is 15.0. The first kappa shape index (κ1) is 28.5. The van der Waals surface area contributed by atoms with E-state index in [1.54, 1.807) is 0 Å². The van der Waals surface area contributed by atoms with Crippen LogP contribution in [0.2, 0.25) is 0 Å². The summed E-state index contributed by atoms with van der Waals surface area (Å²) in [6, 6.07) is 24.8. The molecule has 1 unspecified atom stereocenters. The molecule has 2 N–H and O–H groups in total. The van der Waals surface area contributed by atoms with Gasteiger partial charge in [-0.25, -0.2) is 0 Å². The predicted octanol–water partition coefficient (Wildman–Crippen LogP) is 6.88. The number of amides is 1. The van der Waals surface area contributed by atoms with Crippen molar-refractivity contribution < 1.29 is 14.3 Å². The van der Waals surface area contributed by atoms with Crippen LogP contribution in [0.3, 0.4) is 0 Å². The van der Waals surface area contributed by atoms with Crippen molar-refractivity contribution in [1.29, 1.82) is 0 Å². The number of aromatic nitrogens is 1. The molecular formula is C35H41N3O3. The number of aromatic amines is 1. The Balaban J connectivity index is 1.31. The number of rotatable bonds is 12. The number of fused-ring (bicyclic) bond motifs is 1. The van der Waals surface area contributed by atoms with Gasteiger partial charge in [0.2, 0.25) is 5.91 Å². The highest BCUT2D eigenvalue weighted by molar-refractivity contribution is 5.86. The van der Waals surface area contributed by atoms with E-state index in [1.807, 2.05) is 37.4 Å². The minimum Gasteiger partial charge on any atom is -0.466 e. The van der Waals surface area contributed by atoms with Crippen molar-refractivity contribution in [2.45, 2.75) is 64.3 Å². The molecule has 0 bridgehead atoms. The molecule has 3 aromatic carbocycles. The van der Waals surface area contributed by atoms with Crippen LogP contribution in [0.25, 0.3) is 10.9 Å². The summed E-state index contributed by atoms with van der Waals surface area (Å²) in [5, 5.41) is 4.52. The predicted molar refractivity (Wildman–Crippen MR) is 165 cm³/mol. The van der Waals surface area contributed by atoms with Crippen LogP contribution >= 0.6 is 0 Å². The summed E-state index contributed by atoms with van der Waals surface area (Å²) in [7, 11) is 0. The number of carbonyl (C=O) groups is 2. The molecule has 1 aliphatic rings. The van der Waals surface area contributed by atoms with Gasteiger partial charge in [-0.05, 0) is 80.3 Å². The number of carbonyl (C=O) groups excluding carboxylic acids is 2. The van der Waals surface area contributed by atoms with E-state index in [9.17, 15) is 9.59 Å². The fraction of sp³-hybridized carbons (Fsp3) is 0.371. The Bertz CT molecular complexity index is 1440. The van der Waals surface area contributed by atoms with Gasteiger partial charge >= 0.3 is 5.97 Å². The van der Waals surface area contributed by atoms with Crippen molar-refractivity contribution in [1.82, 2.24) is 10.3 Å². The third kappa shape index (κ3) is 7.37. The Kier molecular flexibility index (Phi) is 9.74. The number of hydrogen-bond donors (Lipinski definition) is 2. The molecule has 4 aromatic rings. The second-order valence-corrected chi connectivity index (χ2v) is 10.9. The molecule has 6 heteroatoms. The van der Waals surface area contributed by atoms with Gasteiger partial charge in [0.1, 0.15) is 0 Å². The molecule has 1 aromatic heterocycles. The first-order chi connectivity index (χ1) is 20.1. The van der Waals surface area contributed by atoms with Crippen LogP contribution in [0.15, 0.2) is 79.0 Å². The molecule has 2 heterocycles. The van der Waals surface area contributed by atoms with Crippen LogP contribution in [0, 0.1) is 0 Å². The quantitative estimate of drug-likeness (QED) is 0.149. The number of hydrogen-bond acceptors (Lipinski definition) is 4. The minimum atomic E-state index is -0.229. The monoisotopic (exact) mass is 551 g/mol. The zero-order chi connectivity index (χ0) is 28.4. The maximum Gasteiger partial charge on any atom is 0.305 e. The van der Waals surface area contributed by atoms with E-state index in [2.05, 4.69) is 63.7 Å². The maximum absolute atomic E-state index is 13.6. The van der Waals surface area contributed by atoms with Gasteiger partial charge in [-0.1, -0.05) is 54.6 Å². The van der Waals surface area contributed by atoms with Crippen LogP contribution in [0.4, 0.5) is 5.69 Å². The number of ether oxygens (including phenoxy) is 1. The Morgan fingerprint density at radius 1 is 0.951 bits per heavy atom. The summed E-state index contributed by atoms with van der Waals surface area (Å²) in [6.45, 7) is 4.36. The number of piperidine rings is 1. The standard InChI is InChI=1S/C35H41N3O3/c1-2-41-34(40)18-10-7-15-28-25-36-31-20-19-26(23-30(28)31)24-33(39)37-35(27-13-5-3-6-14-27)29-16-8-9-17-32(29)38-21-11-4-12-22-38/h3,5-6,8-9,13-14,16-17,19-20,23,25,35-36H,2,4,7,10-12,15,18,21-22,24H2,1H3,(H,37,39). The lowest BCUT2D eigenvalue weighted by molar-refractivity contribution is -0.143. The number of nitrogens with zero attached hydrogens (tertiary/aromatic N) is 1. The first-order valence-corrected chi connectivity index (χ1v) is 15.0. The molecule has 6 nitrogen and oxygen atoms in total. The summed E-state index contributed by atoms with van der Waals surface area (Å²) >= 11 is 0. The van der Waals surface area contributed by atoms with Crippen molar-refractivity contribution >= 4 is 28.5 Å². The summed E-state index contributed by atoms with van der Waals surface area (Å²) in [6.07, 6.45) is 9.05. The van der Waals surface area contributed by atoms with Gasteiger partial charge in [0.15, 0.2) is 0 Å². The second kappa shape index (κ2) is 14.0. The minimum absolute atomic E-state index is 0.00169. The molecule has 0 saturated carbocycles. The van der Waals surface area contributed by atoms with Gasteiger partial charge in [-0.2, -0.15) is 0 Å². The zero-order valence-corrected chi connectivity index (χ0v) is 24.0. The van der Waals surface area contributed by atoms with Crippen LogP contribution in [-0.4, -0.2) is 36.6 Å². The fourth-order valence-electron chi connectivity index (χ4n) is 5.90. The summed E-state index contributed by atoms with van der Waals surface area (Å²) in [5.74, 6) is -0.134. The highest BCUT2D eigenvalue weighted by atomic mass is 16.5. The van der Waals surface area contributed by atoms with Crippen molar-refractivity contribution in [2.75, 3.05) is 24.6 Å².